The maximum atomic E-state index is 6.73. The topological polar surface area (TPSA) is 50.8 Å². The van der Waals surface area contributed by atoms with E-state index in [1.807, 2.05) is 7.05 Å². The summed E-state index contributed by atoms with van der Waals surface area (Å²) >= 11 is 0. The third kappa shape index (κ3) is 1.39. The van der Waals surface area contributed by atoms with Crippen molar-refractivity contribution in [3.8, 4) is 5.75 Å². The second-order valence-electron chi connectivity index (χ2n) is 8.00. The number of fused-ring (bicyclic) bond motifs is 4. The number of guanidine groups is 1. The number of hydrogen-bond acceptors (Lipinski definition) is 4. The highest BCUT2D eigenvalue weighted by Crippen LogP contribution is 2.67. The highest BCUT2D eigenvalue weighted by molar-refractivity contribution is 5.93. The normalized spacial score (nSPS) is 30.2. The molecule has 0 fully saturated rings. The van der Waals surface area contributed by atoms with Gasteiger partial charge in [-0.25, -0.2) is 4.99 Å². The molecule has 0 aromatic heterocycles. The lowest BCUT2D eigenvalue weighted by Gasteiger charge is -2.36. The predicted molar refractivity (Wildman–Crippen MR) is 102 cm³/mol. The van der Waals surface area contributed by atoms with E-state index in [0.29, 0.717) is 5.96 Å². The standard InChI is InChI=1S/C22H21N3O/c1-13-7-8-18-17(11-13)22-19(25(2)20(23)24-22)16-12-21(22,26-18)10-9-14-5-3-4-6-15(14)16/h3-8,11H,9-10,12H2,1-2H3,(H2,23,24). The molecular weight excluding hydrogens is 322 g/mol. The van der Waals surface area contributed by atoms with E-state index >= 15 is 0 Å². The summed E-state index contributed by atoms with van der Waals surface area (Å²) in [7, 11) is 2.04. The molecule has 2 aromatic rings. The van der Waals surface area contributed by atoms with Gasteiger partial charge in [-0.15, -0.1) is 0 Å². The van der Waals surface area contributed by atoms with Crippen LogP contribution in [-0.4, -0.2) is 23.5 Å². The number of nitrogens with two attached hydrogens (primary N) is 1. The van der Waals surface area contributed by atoms with Gasteiger partial charge in [-0.3, -0.25) is 0 Å². The molecule has 0 saturated heterocycles. The van der Waals surface area contributed by atoms with Crippen molar-refractivity contribution in [2.45, 2.75) is 37.3 Å². The largest absolute Gasteiger partial charge is 0.483 e. The summed E-state index contributed by atoms with van der Waals surface area (Å²) in [5.41, 5.74) is 13.2. The summed E-state index contributed by atoms with van der Waals surface area (Å²) in [5, 5.41) is 0. The van der Waals surface area contributed by atoms with Gasteiger partial charge in [-0.05, 0) is 48.6 Å². The molecule has 0 radical (unpaired) electrons. The van der Waals surface area contributed by atoms with Crippen molar-refractivity contribution in [2.75, 3.05) is 7.05 Å². The van der Waals surface area contributed by atoms with Crippen LogP contribution in [0.2, 0.25) is 0 Å². The quantitative estimate of drug-likeness (QED) is 0.798. The number of ether oxygens (including phenoxy) is 1. The molecule has 2 unspecified atom stereocenters. The molecule has 2 aromatic carbocycles. The fourth-order valence-electron chi connectivity index (χ4n) is 5.57. The van der Waals surface area contributed by atoms with Crippen LogP contribution in [-0.2, 0) is 12.0 Å². The minimum absolute atomic E-state index is 0.373. The van der Waals surface area contributed by atoms with E-state index in [-0.39, 0.29) is 5.60 Å². The van der Waals surface area contributed by atoms with Gasteiger partial charge in [0.2, 0.25) is 0 Å². The lowest BCUT2D eigenvalue weighted by atomic mass is 9.74. The highest BCUT2D eigenvalue weighted by Gasteiger charge is 2.70. The molecule has 2 spiro atoms. The number of hydrogen-bond donors (Lipinski definition) is 1. The molecule has 0 saturated carbocycles. The van der Waals surface area contributed by atoms with Crippen LogP contribution >= 0.6 is 0 Å². The van der Waals surface area contributed by atoms with Crippen molar-refractivity contribution in [3.05, 3.63) is 70.4 Å². The summed E-state index contributed by atoms with van der Waals surface area (Å²) in [6.07, 6.45) is 2.82. The van der Waals surface area contributed by atoms with Crippen LogP contribution in [0.25, 0.3) is 5.57 Å². The van der Waals surface area contributed by atoms with Gasteiger partial charge in [0, 0.05) is 19.0 Å². The zero-order valence-corrected chi connectivity index (χ0v) is 15.0. The molecule has 2 N–H and O–H groups in total. The monoisotopic (exact) mass is 343 g/mol. The second kappa shape index (κ2) is 4.32. The summed E-state index contributed by atoms with van der Waals surface area (Å²) in [6, 6.07) is 15.2. The summed E-state index contributed by atoms with van der Waals surface area (Å²) in [4.78, 5) is 7.18. The molecule has 2 aliphatic carbocycles. The van der Waals surface area contributed by atoms with E-state index in [4.69, 9.17) is 15.5 Å². The smallest absolute Gasteiger partial charge is 0.196 e. The van der Waals surface area contributed by atoms with Crippen LogP contribution in [0, 0.1) is 6.92 Å². The van der Waals surface area contributed by atoms with Gasteiger partial charge in [0.15, 0.2) is 11.5 Å². The zero-order chi connectivity index (χ0) is 17.7. The van der Waals surface area contributed by atoms with Crippen LogP contribution in [0.15, 0.2) is 53.2 Å². The van der Waals surface area contributed by atoms with Gasteiger partial charge in [-0.2, -0.15) is 0 Å². The summed E-state index contributed by atoms with van der Waals surface area (Å²) < 4.78 is 6.73. The Balaban J connectivity index is 1.74. The first-order valence-electron chi connectivity index (χ1n) is 9.27. The molecule has 4 nitrogen and oxygen atoms in total. The predicted octanol–water partition coefficient (Wildman–Crippen LogP) is 3.34. The fraction of sp³-hybridized carbons (Fsp3) is 0.318. The fourth-order valence-corrected chi connectivity index (χ4v) is 5.57. The van der Waals surface area contributed by atoms with Crippen LogP contribution in [0.1, 0.15) is 35.1 Å². The molecule has 2 bridgehead atoms. The molecule has 2 heterocycles. The van der Waals surface area contributed by atoms with Crippen LogP contribution in [0.3, 0.4) is 0 Å². The summed E-state index contributed by atoms with van der Waals surface area (Å²) in [6.45, 7) is 2.13. The van der Waals surface area contributed by atoms with E-state index < -0.39 is 5.54 Å². The number of rotatable bonds is 0. The average Bonchev–Trinajstić information content (AvgIpc) is 3.09. The van der Waals surface area contributed by atoms with Crippen molar-refractivity contribution in [1.82, 2.24) is 4.90 Å². The molecule has 130 valence electrons. The first-order valence-corrected chi connectivity index (χ1v) is 9.27. The summed E-state index contributed by atoms with van der Waals surface area (Å²) in [5.74, 6) is 1.55. The average molecular weight is 343 g/mol. The Morgan fingerprint density at radius 3 is 2.92 bits per heavy atom. The number of aliphatic imine (C=N–C) groups is 1. The Bertz CT molecular complexity index is 1050. The molecule has 26 heavy (non-hydrogen) atoms. The molecule has 0 amide bonds. The van der Waals surface area contributed by atoms with E-state index in [0.717, 1.165) is 25.0 Å². The SMILES string of the molecule is Cc1ccc2c(c1)C13N=C(N)N(C)C1=C1CC3(CCc3ccccc31)O2. The molecule has 6 rings (SSSR count). The Hall–Kier alpha value is -2.75. The first-order chi connectivity index (χ1) is 12.6. The van der Waals surface area contributed by atoms with E-state index in [2.05, 4.69) is 54.3 Å². The molecule has 4 heteroatoms. The van der Waals surface area contributed by atoms with E-state index in [1.54, 1.807) is 0 Å². The van der Waals surface area contributed by atoms with Crippen LogP contribution < -0.4 is 10.5 Å². The second-order valence-corrected chi connectivity index (χ2v) is 8.00. The van der Waals surface area contributed by atoms with Gasteiger partial charge in [0.1, 0.15) is 11.4 Å². The Kier molecular flexibility index (Phi) is 2.39. The number of aryl methyl sites for hydroxylation is 2. The van der Waals surface area contributed by atoms with Crippen LogP contribution in [0.4, 0.5) is 0 Å². The molecule has 4 aliphatic rings. The van der Waals surface area contributed by atoms with E-state index in [9.17, 15) is 0 Å². The first kappa shape index (κ1) is 14.4. The maximum Gasteiger partial charge on any atom is 0.196 e. The number of likely N-dealkylation sites (N-methyl/N-ethyl adjacent to an activating group) is 1. The van der Waals surface area contributed by atoms with Crippen molar-refractivity contribution >= 4 is 11.5 Å². The molecular formula is C22H21N3O. The number of benzene rings is 2. The Morgan fingerprint density at radius 1 is 1.19 bits per heavy atom. The van der Waals surface area contributed by atoms with Gasteiger partial charge >= 0.3 is 0 Å². The number of nitrogens with zero attached hydrogens (tertiary/aromatic N) is 2. The van der Waals surface area contributed by atoms with Gasteiger partial charge in [-0.1, -0.05) is 35.9 Å². The van der Waals surface area contributed by atoms with Gasteiger partial charge < -0.3 is 15.4 Å². The minimum atomic E-state index is -0.504. The third-order valence-corrected chi connectivity index (χ3v) is 6.68. The minimum Gasteiger partial charge on any atom is -0.483 e. The van der Waals surface area contributed by atoms with Crippen molar-refractivity contribution in [1.29, 1.82) is 0 Å². The Morgan fingerprint density at radius 2 is 2.04 bits per heavy atom. The molecule has 2 aliphatic heterocycles. The highest BCUT2D eigenvalue weighted by atomic mass is 16.5. The van der Waals surface area contributed by atoms with Gasteiger partial charge in [0.05, 0.1) is 5.70 Å². The van der Waals surface area contributed by atoms with Crippen LogP contribution in [0.5, 0.6) is 5.75 Å². The van der Waals surface area contributed by atoms with Gasteiger partial charge in [0.25, 0.3) is 0 Å². The lowest BCUT2D eigenvalue weighted by molar-refractivity contribution is 0.0420. The third-order valence-electron chi connectivity index (χ3n) is 6.68. The zero-order valence-electron chi connectivity index (χ0n) is 15.0. The van der Waals surface area contributed by atoms with E-state index in [1.165, 1.54) is 33.5 Å². The lowest BCUT2D eigenvalue weighted by Crippen LogP contribution is -2.48. The van der Waals surface area contributed by atoms with Crippen molar-refractivity contribution in [2.24, 2.45) is 10.7 Å². The Labute approximate surface area is 153 Å². The van der Waals surface area contributed by atoms with Crippen molar-refractivity contribution < 1.29 is 4.74 Å². The molecule has 2 atom stereocenters. The van der Waals surface area contributed by atoms with Crippen molar-refractivity contribution in [3.63, 3.8) is 0 Å². The maximum absolute atomic E-state index is 6.73.